The zero-order chi connectivity index (χ0) is 21.7. The van der Waals surface area contributed by atoms with Crippen LogP contribution in [0.3, 0.4) is 0 Å². The van der Waals surface area contributed by atoms with Gasteiger partial charge in [0.25, 0.3) is 5.91 Å². The number of amides is 1. The Morgan fingerprint density at radius 1 is 1.17 bits per heavy atom. The van der Waals surface area contributed by atoms with Gasteiger partial charge in [0.15, 0.2) is 0 Å². The van der Waals surface area contributed by atoms with Crippen LogP contribution >= 0.6 is 11.6 Å². The van der Waals surface area contributed by atoms with Crippen LogP contribution in [0, 0.1) is 17.0 Å². The van der Waals surface area contributed by atoms with Crippen LogP contribution < -0.4 is 20.9 Å². The first kappa shape index (κ1) is 20.8. The van der Waals surface area contributed by atoms with E-state index in [-0.39, 0.29) is 17.2 Å². The third-order valence-corrected chi connectivity index (χ3v) is 4.33. The highest BCUT2D eigenvalue weighted by molar-refractivity contribution is 6.30. The molecular formula is C19H17ClN6O4. The molecule has 0 radical (unpaired) electrons. The summed E-state index contributed by atoms with van der Waals surface area (Å²) in [6, 6.07) is 11.6. The van der Waals surface area contributed by atoms with Crippen LogP contribution in [0.1, 0.15) is 15.9 Å². The number of halogens is 1. The van der Waals surface area contributed by atoms with E-state index in [9.17, 15) is 14.9 Å². The number of carbonyl (C=O) groups excluding carboxylic acids is 1. The van der Waals surface area contributed by atoms with Gasteiger partial charge in [-0.25, -0.2) is 9.97 Å². The van der Waals surface area contributed by atoms with Crippen molar-refractivity contribution in [3.63, 3.8) is 0 Å². The van der Waals surface area contributed by atoms with Crippen LogP contribution in [0.25, 0.3) is 0 Å². The summed E-state index contributed by atoms with van der Waals surface area (Å²) in [7, 11) is 1.44. The van der Waals surface area contributed by atoms with Crippen LogP contribution in [0.15, 0.2) is 48.8 Å². The van der Waals surface area contributed by atoms with Gasteiger partial charge in [-0.3, -0.25) is 25.8 Å². The Bertz CT molecular complexity index is 1110. The molecule has 0 aliphatic carbocycles. The van der Waals surface area contributed by atoms with Gasteiger partial charge in [0.1, 0.15) is 12.1 Å². The molecule has 0 bridgehead atoms. The first-order valence-corrected chi connectivity index (χ1v) is 9.00. The number of hydrogen-bond donors (Lipinski definition) is 3. The predicted octanol–water partition coefficient (Wildman–Crippen LogP) is 3.86. The zero-order valence-corrected chi connectivity index (χ0v) is 16.7. The summed E-state index contributed by atoms with van der Waals surface area (Å²) in [5.41, 5.74) is 6.04. The number of hydrazine groups is 1. The van der Waals surface area contributed by atoms with E-state index in [0.717, 1.165) is 11.9 Å². The van der Waals surface area contributed by atoms with Gasteiger partial charge in [0.05, 0.1) is 17.6 Å². The lowest BCUT2D eigenvalue weighted by Crippen LogP contribution is -2.30. The maximum absolute atomic E-state index is 12.4. The summed E-state index contributed by atoms with van der Waals surface area (Å²) in [5.74, 6) is -0.431. The summed E-state index contributed by atoms with van der Waals surface area (Å²) < 4.78 is 5.14. The topological polar surface area (TPSA) is 131 Å². The van der Waals surface area contributed by atoms with Crippen LogP contribution in [0.2, 0.25) is 5.02 Å². The molecule has 1 aromatic heterocycles. The molecular weight excluding hydrogens is 412 g/mol. The Balaban J connectivity index is 1.86. The summed E-state index contributed by atoms with van der Waals surface area (Å²) in [6.45, 7) is 1.80. The number of methoxy groups -OCH3 is 1. The fraction of sp³-hybridized carbons (Fsp3) is 0.105. The average Bonchev–Trinajstić information content (AvgIpc) is 2.73. The second-order valence-corrected chi connectivity index (χ2v) is 6.48. The van der Waals surface area contributed by atoms with Crippen LogP contribution in [0.4, 0.5) is 23.0 Å². The molecule has 1 heterocycles. The predicted molar refractivity (Wildman–Crippen MR) is 112 cm³/mol. The number of nitrogens with one attached hydrogen (secondary N) is 3. The largest absolute Gasteiger partial charge is 0.496 e. The highest BCUT2D eigenvalue weighted by Crippen LogP contribution is 2.32. The first-order valence-electron chi connectivity index (χ1n) is 8.62. The van der Waals surface area contributed by atoms with Gasteiger partial charge in [-0.2, -0.15) is 0 Å². The number of benzene rings is 2. The highest BCUT2D eigenvalue weighted by Gasteiger charge is 2.24. The van der Waals surface area contributed by atoms with Crippen molar-refractivity contribution < 1.29 is 14.5 Å². The van der Waals surface area contributed by atoms with Gasteiger partial charge in [-0.05, 0) is 42.8 Å². The van der Waals surface area contributed by atoms with Crippen molar-refractivity contribution in [2.45, 2.75) is 6.92 Å². The number of nitrogens with zero attached hydrogens (tertiary/aromatic N) is 3. The van der Waals surface area contributed by atoms with Crippen molar-refractivity contribution in [2.24, 2.45) is 0 Å². The minimum Gasteiger partial charge on any atom is -0.496 e. The number of nitro groups is 1. The third kappa shape index (κ3) is 4.55. The summed E-state index contributed by atoms with van der Waals surface area (Å²) in [6.07, 6.45) is 1.14. The number of aryl methyl sites for hydroxylation is 1. The number of aromatic nitrogens is 2. The quantitative estimate of drug-likeness (QED) is 0.382. The molecule has 0 aliphatic rings. The summed E-state index contributed by atoms with van der Waals surface area (Å²) >= 11 is 5.95. The Hall–Kier alpha value is -3.92. The lowest BCUT2D eigenvalue weighted by atomic mass is 10.2. The van der Waals surface area contributed by atoms with E-state index < -0.39 is 16.5 Å². The number of hydrogen-bond acceptors (Lipinski definition) is 8. The zero-order valence-electron chi connectivity index (χ0n) is 16.0. The molecule has 3 N–H and O–H groups in total. The lowest BCUT2D eigenvalue weighted by molar-refractivity contribution is -0.383. The Kier molecular flexibility index (Phi) is 6.28. The van der Waals surface area contributed by atoms with Crippen molar-refractivity contribution in [3.8, 4) is 5.75 Å². The number of para-hydroxylation sites is 1. The van der Waals surface area contributed by atoms with Gasteiger partial charge < -0.3 is 10.1 Å². The van der Waals surface area contributed by atoms with E-state index in [2.05, 4.69) is 26.1 Å². The Morgan fingerprint density at radius 2 is 1.90 bits per heavy atom. The SMILES string of the molecule is COc1ccccc1C(=O)NNc1ncnc(Nc2ccc(Cl)cc2C)c1[N+](=O)[O-]. The van der Waals surface area contributed by atoms with E-state index in [1.807, 2.05) is 0 Å². The van der Waals surface area contributed by atoms with E-state index in [4.69, 9.17) is 16.3 Å². The smallest absolute Gasteiger partial charge is 0.355 e. The van der Waals surface area contributed by atoms with Crippen LogP contribution in [-0.2, 0) is 0 Å². The molecule has 0 saturated heterocycles. The minimum atomic E-state index is -0.648. The molecule has 1 amide bonds. The molecule has 3 aromatic rings. The number of ether oxygens (including phenoxy) is 1. The van der Waals surface area contributed by atoms with Gasteiger partial charge >= 0.3 is 5.69 Å². The molecule has 154 valence electrons. The van der Waals surface area contributed by atoms with Crippen LogP contribution in [-0.4, -0.2) is 27.9 Å². The second-order valence-electron chi connectivity index (χ2n) is 6.04. The molecule has 11 heteroatoms. The molecule has 0 spiro atoms. The van der Waals surface area contributed by atoms with Crippen molar-refractivity contribution in [1.82, 2.24) is 15.4 Å². The van der Waals surface area contributed by atoms with Crippen molar-refractivity contribution in [2.75, 3.05) is 17.9 Å². The molecule has 0 saturated carbocycles. The van der Waals surface area contributed by atoms with Crippen LogP contribution in [0.5, 0.6) is 5.75 Å². The fourth-order valence-corrected chi connectivity index (χ4v) is 2.87. The molecule has 0 atom stereocenters. The number of anilines is 3. The molecule has 0 aliphatic heterocycles. The fourth-order valence-electron chi connectivity index (χ4n) is 2.65. The highest BCUT2D eigenvalue weighted by atomic mass is 35.5. The Morgan fingerprint density at radius 3 is 2.60 bits per heavy atom. The lowest BCUT2D eigenvalue weighted by Gasteiger charge is -2.13. The summed E-state index contributed by atoms with van der Waals surface area (Å²) in [5, 5.41) is 15.1. The van der Waals surface area contributed by atoms with Gasteiger partial charge in [-0.1, -0.05) is 23.7 Å². The summed E-state index contributed by atoms with van der Waals surface area (Å²) in [4.78, 5) is 31.3. The molecule has 30 heavy (non-hydrogen) atoms. The minimum absolute atomic E-state index is 0.0468. The first-order chi connectivity index (χ1) is 14.4. The molecule has 10 nitrogen and oxygen atoms in total. The average molecular weight is 429 g/mol. The van der Waals surface area contributed by atoms with E-state index >= 15 is 0 Å². The molecule has 0 fully saturated rings. The normalized spacial score (nSPS) is 10.2. The molecule has 0 unspecified atom stereocenters. The third-order valence-electron chi connectivity index (χ3n) is 4.09. The molecule has 2 aromatic carbocycles. The Labute approximate surface area is 176 Å². The van der Waals surface area contributed by atoms with E-state index in [0.29, 0.717) is 16.5 Å². The molecule has 3 rings (SSSR count). The maximum Gasteiger partial charge on any atom is 0.355 e. The van der Waals surface area contributed by atoms with Crippen molar-refractivity contribution >= 4 is 40.5 Å². The van der Waals surface area contributed by atoms with Crippen molar-refractivity contribution in [1.29, 1.82) is 0 Å². The van der Waals surface area contributed by atoms with Gasteiger partial charge in [0, 0.05) is 10.7 Å². The standard InChI is InChI=1S/C19H17ClN6O4/c1-11-9-12(20)7-8-14(11)23-17-16(26(28)29)18(22-10-21-17)24-25-19(27)13-5-3-4-6-15(13)30-2/h3-10H,1-2H3,(H,25,27)(H2,21,22,23,24). The van der Waals surface area contributed by atoms with E-state index in [1.54, 1.807) is 49.4 Å². The van der Waals surface area contributed by atoms with Gasteiger partial charge in [-0.15, -0.1) is 0 Å². The van der Waals surface area contributed by atoms with Gasteiger partial charge in [0.2, 0.25) is 11.6 Å². The number of rotatable bonds is 7. The monoisotopic (exact) mass is 428 g/mol. The maximum atomic E-state index is 12.4. The van der Waals surface area contributed by atoms with E-state index in [1.165, 1.54) is 7.11 Å². The number of carbonyl (C=O) groups is 1. The second kappa shape index (κ2) is 9.05. The van der Waals surface area contributed by atoms with Crippen molar-refractivity contribution in [3.05, 3.63) is 75.1 Å².